The Morgan fingerprint density at radius 3 is 3.23 bits per heavy atom. The third-order valence-electron chi connectivity index (χ3n) is 2.24. The summed E-state index contributed by atoms with van der Waals surface area (Å²) < 4.78 is 5.60. The first kappa shape index (κ1) is 10.7. The lowest BCUT2D eigenvalue weighted by Crippen LogP contribution is -2.44. The zero-order valence-electron chi connectivity index (χ0n) is 8.46. The van der Waals surface area contributed by atoms with Gasteiger partial charge in [0.1, 0.15) is 0 Å². The largest absolute Gasteiger partial charge is 0.374 e. The molecule has 0 radical (unpaired) electrons. The molecule has 1 aliphatic rings. The van der Waals surface area contributed by atoms with E-state index in [9.17, 15) is 0 Å². The molecule has 0 spiro atoms. The monoisotopic (exact) mass is 184 g/mol. The van der Waals surface area contributed by atoms with E-state index >= 15 is 0 Å². The maximum absolute atomic E-state index is 5.60. The van der Waals surface area contributed by atoms with E-state index in [1.165, 1.54) is 0 Å². The quantitative estimate of drug-likeness (QED) is 0.497. The fraction of sp³-hybridized carbons (Fsp3) is 0.800. The van der Waals surface area contributed by atoms with Crippen LogP contribution in [0.2, 0.25) is 0 Å². The van der Waals surface area contributed by atoms with E-state index in [0.29, 0.717) is 6.10 Å². The van der Waals surface area contributed by atoms with E-state index in [0.717, 1.165) is 39.2 Å². The van der Waals surface area contributed by atoms with Crippen LogP contribution in [-0.4, -0.2) is 50.8 Å². The minimum atomic E-state index is 0.364. The van der Waals surface area contributed by atoms with Crippen LogP contribution in [0.4, 0.5) is 0 Å². The number of nitrogens with one attached hydrogen (secondary N) is 1. The molecule has 3 heteroatoms. The van der Waals surface area contributed by atoms with Crippen LogP contribution in [0.25, 0.3) is 0 Å². The smallest absolute Gasteiger partial charge is 0.0826 e. The highest BCUT2D eigenvalue weighted by Crippen LogP contribution is 2.01. The van der Waals surface area contributed by atoms with Crippen LogP contribution >= 0.6 is 0 Å². The molecule has 1 fully saturated rings. The van der Waals surface area contributed by atoms with Gasteiger partial charge in [-0.2, -0.15) is 0 Å². The van der Waals surface area contributed by atoms with E-state index in [1.54, 1.807) is 0 Å². The summed E-state index contributed by atoms with van der Waals surface area (Å²) in [5, 5.41) is 3.35. The third kappa shape index (κ3) is 4.41. The SMILES string of the molecule is C=CCCNCC1CN(C)CCO1. The number of likely N-dealkylation sites (N-methyl/N-ethyl adjacent to an activating group) is 1. The molecule has 76 valence electrons. The molecule has 1 unspecified atom stereocenters. The first-order valence-corrected chi connectivity index (χ1v) is 4.94. The number of ether oxygens (including phenoxy) is 1. The lowest BCUT2D eigenvalue weighted by atomic mass is 10.3. The summed E-state index contributed by atoms with van der Waals surface area (Å²) in [5.74, 6) is 0. The number of morpholine rings is 1. The molecule has 0 aromatic rings. The van der Waals surface area contributed by atoms with Crippen LogP contribution in [0.15, 0.2) is 12.7 Å². The molecule has 0 aliphatic carbocycles. The standard InChI is InChI=1S/C10H20N2O/c1-3-4-5-11-8-10-9-12(2)6-7-13-10/h3,10-11H,1,4-9H2,2H3. The highest BCUT2D eigenvalue weighted by Gasteiger charge is 2.16. The molecule has 0 amide bonds. The molecule has 1 rings (SSSR count). The molecule has 0 aromatic carbocycles. The molecule has 3 nitrogen and oxygen atoms in total. The summed E-state index contributed by atoms with van der Waals surface area (Å²) >= 11 is 0. The number of hydrogen-bond acceptors (Lipinski definition) is 3. The van der Waals surface area contributed by atoms with Gasteiger partial charge < -0.3 is 15.0 Å². The van der Waals surface area contributed by atoms with Crippen LogP contribution in [0.1, 0.15) is 6.42 Å². The fourth-order valence-electron chi connectivity index (χ4n) is 1.46. The Kier molecular flexibility index (Phi) is 5.05. The number of rotatable bonds is 5. The van der Waals surface area contributed by atoms with Crippen molar-refractivity contribution in [3.8, 4) is 0 Å². The van der Waals surface area contributed by atoms with Crippen LogP contribution < -0.4 is 5.32 Å². The van der Waals surface area contributed by atoms with E-state index in [-0.39, 0.29) is 0 Å². The molecule has 13 heavy (non-hydrogen) atoms. The van der Waals surface area contributed by atoms with Crippen molar-refractivity contribution in [2.75, 3.05) is 39.8 Å². The first-order chi connectivity index (χ1) is 6.33. The van der Waals surface area contributed by atoms with E-state index in [2.05, 4.69) is 23.8 Å². The lowest BCUT2D eigenvalue weighted by Gasteiger charge is -2.30. The van der Waals surface area contributed by atoms with Crippen molar-refractivity contribution < 1.29 is 4.74 Å². The van der Waals surface area contributed by atoms with Crippen LogP contribution in [0.3, 0.4) is 0 Å². The maximum atomic E-state index is 5.60. The zero-order chi connectivity index (χ0) is 9.52. The summed E-state index contributed by atoms with van der Waals surface area (Å²) in [5.41, 5.74) is 0. The second-order valence-electron chi connectivity index (χ2n) is 3.54. The molecule has 0 bridgehead atoms. The Labute approximate surface area is 80.8 Å². The van der Waals surface area contributed by atoms with Crippen LogP contribution in [0, 0.1) is 0 Å². The van der Waals surface area contributed by atoms with Crippen molar-refractivity contribution in [2.45, 2.75) is 12.5 Å². The maximum Gasteiger partial charge on any atom is 0.0826 e. The van der Waals surface area contributed by atoms with Gasteiger partial charge >= 0.3 is 0 Å². The van der Waals surface area contributed by atoms with Gasteiger partial charge in [0.2, 0.25) is 0 Å². The van der Waals surface area contributed by atoms with Crippen molar-refractivity contribution in [3.63, 3.8) is 0 Å². The van der Waals surface area contributed by atoms with E-state index in [1.807, 2.05) is 6.08 Å². The van der Waals surface area contributed by atoms with Gasteiger partial charge in [-0.15, -0.1) is 6.58 Å². The Bertz CT molecular complexity index is 150. The number of hydrogen-bond donors (Lipinski definition) is 1. The molecule has 1 aliphatic heterocycles. The van der Waals surface area contributed by atoms with Gasteiger partial charge in [-0.25, -0.2) is 0 Å². The Balaban J connectivity index is 2.03. The molecule has 1 heterocycles. The summed E-state index contributed by atoms with van der Waals surface area (Å²) in [7, 11) is 2.14. The molecule has 1 saturated heterocycles. The Hall–Kier alpha value is -0.380. The zero-order valence-corrected chi connectivity index (χ0v) is 8.46. The van der Waals surface area contributed by atoms with Gasteiger partial charge in [-0.1, -0.05) is 6.08 Å². The average molecular weight is 184 g/mol. The second kappa shape index (κ2) is 6.13. The Morgan fingerprint density at radius 2 is 2.54 bits per heavy atom. The van der Waals surface area contributed by atoms with Crippen LogP contribution in [0.5, 0.6) is 0 Å². The fourth-order valence-corrected chi connectivity index (χ4v) is 1.46. The first-order valence-electron chi connectivity index (χ1n) is 4.94. The summed E-state index contributed by atoms with van der Waals surface area (Å²) in [6.45, 7) is 8.61. The highest BCUT2D eigenvalue weighted by atomic mass is 16.5. The predicted octanol–water partition coefficient (Wildman–Crippen LogP) is 0.483. The van der Waals surface area contributed by atoms with Crippen molar-refractivity contribution in [1.29, 1.82) is 0 Å². The molecule has 1 N–H and O–H groups in total. The van der Waals surface area contributed by atoms with Gasteiger partial charge in [-0.3, -0.25) is 0 Å². The minimum absolute atomic E-state index is 0.364. The number of nitrogens with zero attached hydrogens (tertiary/aromatic N) is 1. The molecule has 0 saturated carbocycles. The van der Waals surface area contributed by atoms with E-state index in [4.69, 9.17) is 4.74 Å². The summed E-state index contributed by atoms with van der Waals surface area (Å²) in [6, 6.07) is 0. The Morgan fingerprint density at radius 1 is 1.69 bits per heavy atom. The van der Waals surface area contributed by atoms with Gasteiger partial charge in [0, 0.05) is 19.6 Å². The predicted molar refractivity (Wildman–Crippen MR) is 54.9 cm³/mol. The lowest BCUT2D eigenvalue weighted by molar-refractivity contribution is -0.0179. The highest BCUT2D eigenvalue weighted by molar-refractivity contribution is 4.73. The van der Waals surface area contributed by atoms with Crippen molar-refractivity contribution in [2.24, 2.45) is 0 Å². The summed E-state index contributed by atoms with van der Waals surface area (Å²) in [4.78, 5) is 2.31. The minimum Gasteiger partial charge on any atom is -0.374 e. The van der Waals surface area contributed by atoms with Gasteiger partial charge in [0.15, 0.2) is 0 Å². The molecular formula is C10H20N2O. The van der Waals surface area contributed by atoms with Crippen molar-refractivity contribution >= 4 is 0 Å². The topological polar surface area (TPSA) is 24.5 Å². The second-order valence-corrected chi connectivity index (χ2v) is 3.54. The van der Waals surface area contributed by atoms with Gasteiger partial charge in [0.05, 0.1) is 12.7 Å². The molecule has 0 aromatic heterocycles. The average Bonchev–Trinajstić information content (AvgIpc) is 2.13. The normalized spacial score (nSPS) is 24.5. The third-order valence-corrected chi connectivity index (χ3v) is 2.24. The van der Waals surface area contributed by atoms with Gasteiger partial charge in [-0.05, 0) is 20.0 Å². The van der Waals surface area contributed by atoms with Gasteiger partial charge in [0.25, 0.3) is 0 Å². The molecular weight excluding hydrogens is 164 g/mol. The van der Waals surface area contributed by atoms with Crippen LogP contribution in [-0.2, 0) is 4.74 Å². The van der Waals surface area contributed by atoms with Crippen molar-refractivity contribution in [1.82, 2.24) is 10.2 Å². The summed E-state index contributed by atoms with van der Waals surface area (Å²) in [6.07, 6.45) is 3.33. The van der Waals surface area contributed by atoms with E-state index < -0.39 is 0 Å². The van der Waals surface area contributed by atoms with Crippen molar-refractivity contribution in [3.05, 3.63) is 12.7 Å². The molecule has 1 atom stereocenters.